The second-order valence-electron chi connectivity index (χ2n) is 11.1. The number of unbranched alkanes of at least 4 members (excludes halogenated alkanes) is 1. The summed E-state index contributed by atoms with van der Waals surface area (Å²) >= 11 is 1.57. The Bertz CT molecular complexity index is 1530. The Balaban J connectivity index is 1.80. The predicted molar refractivity (Wildman–Crippen MR) is 170 cm³/mol. The van der Waals surface area contributed by atoms with E-state index in [9.17, 15) is 22.8 Å². The number of benzene rings is 2. The molecule has 1 fully saturated rings. The number of nitrogens with one attached hydrogen (secondary N) is 1. The number of ether oxygens (including phenoxy) is 2. The molecule has 2 heterocycles. The van der Waals surface area contributed by atoms with Crippen molar-refractivity contribution in [2.75, 3.05) is 25.1 Å². The van der Waals surface area contributed by atoms with Crippen LogP contribution in [-0.4, -0.2) is 78.0 Å². The number of para-hydroxylation sites is 2. The van der Waals surface area contributed by atoms with Crippen LogP contribution in [0.25, 0.3) is 0 Å². The molecular weight excluding hydrogens is 604 g/mol. The number of carbonyl (C=O) groups excluding carboxylic acids is 3. The average Bonchev–Trinajstić information content (AvgIpc) is 3.18. The number of amides is 3. The summed E-state index contributed by atoms with van der Waals surface area (Å²) in [6, 6.07) is 11.6. The highest BCUT2D eigenvalue weighted by atomic mass is 32.2. The van der Waals surface area contributed by atoms with Crippen LogP contribution in [0.4, 0.5) is 16.2 Å². The lowest BCUT2D eigenvalue weighted by atomic mass is 10.1. The highest BCUT2D eigenvalue weighted by Crippen LogP contribution is 2.37. The molecule has 238 valence electrons. The number of fused-ring (bicyclic) bond motifs is 1. The van der Waals surface area contributed by atoms with Gasteiger partial charge in [-0.05, 0) is 57.4 Å². The van der Waals surface area contributed by atoms with Crippen LogP contribution in [0.5, 0.6) is 0 Å². The number of sulfonamides is 1. The molecule has 3 amide bonds. The van der Waals surface area contributed by atoms with E-state index in [0.717, 1.165) is 28.5 Å². The molecule has 0 aromatic heterocycles. The number of amidine groups is 1. The fraction of sp³-hybridized carbons (Fsp3) is 0.484. The fourth-order valence-electron chi connectivity index (χ4n) is 4.71. The maximum absolute atomic E-state index is 14.3. The van der Waals surface area contributed by atoms with Crippen molar-refractivity contribution in [2.24, 2.45) is 4.99 Å². The van der Waals surface area contributed by atoms with Crippen molar-refractivity contribution in [1.29, 1.82) is 0 Å². The Labute approximate surface area is 263 Å². The van der Waals surface area contributed by atoms with E-state index < -0.39 is 39.6 Å². The van der Waals surface area contributed by atoms with Crippen LogP contribution in [0, 0.1) is 0 Å². The van der Waals surface area contributed by atoms with Gasteiger partial charge in [0.15, 0.2) is 17.5 Å². The number of anilines is 1. The number of hydrogen-bond acceptors (Lipinski definition) is 9. The third kappa shape index (κ3) is 7.10. The van der Waals surface area contributed by atoms with Crippen LogP contribution in [-0.2, 0) is 29.1 Å². The summed E-state index contributed by atoms with van der Waals surface area (Å²) in [6.45, 7) is 9.72. The van der Waals surface area contributed by atoms with Gasteiger partial charge in [-0.3, -0.25) is 13.9 Å². The molecule has 4 rings (SSSR count). The maximum Gasteiger partial charge on any atom is 0.418 e. The van der Waals surface area contributed by atoms with Crippen LogP contribution >= 0.6 is 11.8 Å². The van der Waals surface area contributed by atoms with E-state index in [0.29, 0.717) is 17.2 Å². The first kappa shape index (κ1) is 33.5. The molecule has 2 aliphatic rings. The Hall–Kier alpha value is -3.42. The SMILES string of the molecule is CCCCOCCCN1C(C(C(=O)Nc2ccccc2SC(C)CC)N2C(=O)OC(C)(C)C2=O)=Nc2ccccc2S1(=O)=O. The van der Waals surface area contributed by atoms with Crippen molar-refractivity contribution < 1.29 is 32.3 Å². The molecule has 1 saturated heterocycles. The van der Waals surface area contributed by atoms with Crippen LogP contribution in [0.3, 0.4) is 0 Å². The van der Waals surface area contributed by atoms with E-state index in [1.54, 1.807) is 36.0 Å². The highest BCUT2D eigenvalue weighted by molar-refractivity contribution is 8.00. The number of carbonyl (C=O) groups is 3. The quantitative estimate of drug-likeness (QED) is 0.208. The molecule has 13 heteroatoms. The van der Waals surface area contributed by atoms with Crippen molar-refractivity contribution >= 4 is 56.9 Å². The normalized spacial score (nSPS) is 18.3. The minimum Gasteiger partial charge on any atom is -0.433 e. The van der Waals surface area contributed by atoms with Gasteiger partial charge in [0, 0.05) is 29.9 Å². The number of thioether (sulfide) groups is 1. The summed E-state index contributed by atoms with van der Waals surface area (Å²) < 4.78 is 40.1. The second-order valence-corrected chi connectivity index (χ2v) is 14.4. The zero-order valence-corrected chi connectivity index (χ0v) is 27.4. The Morgan fingerprint density at radius 1 is 1.07 bits per heavy atom. The van der Waals surface area contributed by atoms with Crippen LogP contribution in [0.1, 0.15) is 60.3 Å². The monoisotopic (exact) mass is 644 g/mol. The van der Waals surface area contributed by atoms with Crippen molar-refractivity contribution in [3.05, 3.63) is 48.5 Å². The molecule has 2 unspecified atom stereocenters. The van der Waals surface area contributed by atoms with Gasteiger partial charge in [-0.25, -0.2) is 23.1 Å². The topological polar surface area (TPSA) is 135 Å². The third-order valence-electron chi connectivity index (χ3n) is 7.29. The van der Waals surface area contributed by atoms with Gasteiger partial charge in [0.1, 0.15) is 4.90 Å². The number of hydrogen-bond donors (Lipinski definition) is 1. The molecule has 44 heavy (non-hydrogen) atoms. The van der Waals surface area contributed by atoms with Gasteiger partial charge in [-0.2, -0.15) is 0 Å². The number of imide groups is 1. The maximum atomic E-state index is 14.3. The van der Waals surface area contributed by atoms with Crippen molar-refractivity contribution in [2.45, 2.75) is 87.0 Å². The summed E-state index contributed by atoms with van der Waals surface area (Å²) in [7, 11) is -4.23. The summed E-state index contributed by atoms with van der Waals surface area (Å²) in [4.78, 5) is 47.1. The third-order valence-corrected chi connectivity index (χ3v) is 10.5. The molecule has 0 saturated carbocycles. The summed E-state index contributed by atoms with van der Waals surface area (Å²) in [6.07, 6.45) is 1.95. The van der Waals surface area contributed by atoms with Gasteiger partial charge >= 0.3 is 6.09 Å². The molecule has 0 radical (unpaired) electrons. The average molecular weight is 645 g/mol. The predicted octanol–water partition coefficient (Wildman–Crippen LogP) is 5.58. The standard InChI is InChI=1S/C31H40N4O7S2/c1-6-8-19-41-20-13-18-34-27(32-23-15-10-12-17-25(23)44(34,39)40)26(35-29(37)31(4,5)42-30(35)38)28(36)33-22-14-9-11-16-24(22)43-21(3)7-2/h9-12,14-17,21,26H,6-8,13,18-20H2,1-5H3,(H,33,36). The van der Waals surface area contributed by atoms with E-state index >= 15 is 0 Å². The lowest BCUT2D eigenvalue weighted by Crippen LogP contribution is -2.59. The number of aliphatic imine (C=N–C) groups is 1. The van der Waals surface area contributed by atoms with Crippen molar-refractivity contribution in [3.8, 4) is 0 Å². The van der Waals surface area contributed by atoms with Gasteiger partial charge in [0.2, 0.25) is 0 Å². The zero-order valence-electron chi connectivity index (χ0n) is 25.7. The molecule has 2 aromatic rings. The smallest absolute Gasteiger partial charge is 0.418 e. The van der Waals surface area contributed by atoms with Gasteiger partial charge in [-0.15, -0.1) is 11.8 Å². The molecular formula is C31H40N4O7S2. The van der Waals surface area contributed by atoms with Crippen molar-refractivity contribution in [3.63, 3.8) is 0 Å². The molecule has 2 aliphatic heterocycles. The van der Waals surface area contributed by atoms with Gasteiger partial charge in [0.05, 0.1) is 11.4 Å². The largest absolute Gasteiger partial charge is 0.433 e. The van der Waals surface area contributed by atoms with Gasteiger partial charge < -0.3 is 14.8 Å². The second kappa shape index (κ2) is 14.1. The molecule has 2 aromatic carbocycles. The molecule has 0 bridgehead atoms. The molecule has 2 atom stereocenters. The summed E-state index contributed by atoms with van der Waals surface area (Å²) in [5.41, 5.74) is -1.01. The minimum atomic E-state index is -4.23. The number of nitrogens with zero attached hydrogens (tertiary/aromatic N) is 3. The van der Waals surface area contributed by atoms with Crippen LogP contribution in [0.15, 0.2) is 63.3 Å². The Morgan fingerprint density at radius 2 is 1.75 bits per heavy atom. The van der Waals surface area contributed by atoms with E-state index in [-0.39, 0.29) is 41.2 Å². The lowest BCUT2D eigenvalue weighted by molar-refractivity contribution is -0.137. The van der Waals surface area contributed by atoms with E-state index in [1.165, 1.54) is 26.0 Å². The molecule has 0 aliphatic carbocycles. The number of rotatable bonds is 14. The van der Waals surface area contributed by atoms with Crippen LogP contribution in [0.2, 0.25) is 0 Å². The first-order chi connectivity index (χ1) is 20.9. The first-order valence-electron chi connectivity index (χ1n) is 14.8. The summed E-state index contributed by atoms with van der Waals surface area (Å²) in [5, 5.41) is 3.11. The van der Waals surface area contributed by atoms with Gasteiger partial charge in [-0.1, -0.05) is 51.5 Å². The Morgan fingerprint density at radius 3 is 2.43 bits per heavy atom. The van der Waals surface area contributed by atoms with E-state index in [4.69, 9.17) is 9.47 Å². The summed E-state index contributed by atoms with van der Waals surface area (Å²) in [5.74, 6) is -1.86. The number of cyclic esters (lactones) is 1. The molecule has 11 nitrogen and oxygen atoms in total. The fourth-order valence-corrected chi connectivity index (χ4v) is 7.34. The van der Waals surface area contributed by atoms with E-state index in [1.807, 2.05) is 19.1 Å². The van der Waals surface area contributed by atoms with E-state index in [2.05, 4.69) is 24.2 Å². The highest BCUT2D eigenvalue weighted by Gasteiger charge is 2.55. The lowest BCUT2D eigenvalue weighted by Gasteiger charge is -2.35. The van der Waals surface area contributed by atoms with Crippen LogP contribution < -0.4 is 5.32 Å². The first-order valence-corrected chi connectivity index (χ1v) is 17.2. The Kier molecular flexibility index (Phi) is 10.7. The molecule has 1 N–H and O–H groups in total. The minimum absolute atomic E-state index is 0.0410. The van der Waals surface area contributed by atoms with Crippen molar-refractivity contribution in [1.82, 2.24) is 9.21 Å². The van der Waals surface area contributed by atoms with Gasteiger partial charge in [0.25, 0.3) is 21.8 Å². The molecule has 0 spiro atoms. The zero-order chi connectivity index (χ0) is 32.1.